The van der Waals surface area contributed by atoms with Gasteiger partial charge in [-0.25, -0.2) is 0 Å². The third-order valence-electron chi connectivity index (χ3n) is 5.19. The highest BCUT2D eigenvalue weighted by atomic mass is 16.5. The molecule has 0 radical (unpaired) electrons. The number of nitrogens with zero attached hydrogens (tertiary/aromatic N) is 1. The second-order valence-electron chi connectivity index (χ2n) is 6.36. The number of piperidine rings is 1. The van der Waals surface area contributed by atoms with Gasteiger partial charge < -0.3 is 10.1 Å². The smallest absolute Gasteiger partial charge is 0.123 e. The van der Waals surface area contributed by atoms with E-state index in [1.807, 2.05) is 6.07 Å². The lowest BCUT2D eigenvalue weighted by Gasteiger charge is -2.34. The Morgan fingerprint density at radius 1 is 1.24 bits per heavy atom. The largest absolute Gasteiger partial charge is 0.496 e. The number of nitrogens with one attached hydrogen (secondary N) is 1. The molecule has 1 aromatic carbocycles. The van der Waals surface area contributed by atoms with E-state index in [1.54, 1.807) is 7.11 Å². The SMILES string of the molecule is CCC(NC1CCN2CCCCC12)c1ccccc1OC. The van der Waals surface area contributed by atoms with Crippen molar-refractivity contribution in [2.75, 3.05) is 20.2 Å². The zero-order valence-corrected chi connectivity index (χ0v) is 13.3. The first-order valence-electron chi connectivity index (χ1n) is 8.46. The van der Waals surface area contributed by atoms with Crippen LogP contribution in [0.4, 0.5) is 0 Å². The molecule has 0 saturated carbocycles. The zero-order valence-electron chi connectivity index (χ0n) is 13.3. The number of benzene rings is 1. The molecule has 0 aliphatic carbocycles. The number of ether oxygens (including phenoxy) is 1. The number of methoxy groups -OCH3 is 1. The van der Waals surface area contributed by atoms with E-state index >= 15 is 0 Å². The molecule has 0 spiro atoms. The Balaban J connectivity index is 1.72. The molecule has 2 aliphatic rings. The van der Waals surface area contributed by atoms with Gasteiger partial charge in [0.25, 0.3) is 0 Å². The van der Waals surface area contributed by atoms with Crippen molar-refractivity contribution in [2.24, 2.45) is 0 Å². The summed E-state index contributed by atoms with van der Waals surface area (Å²) in [7, 11) is 1.77. The third kappa shape index (κ3) is 3.09. The van der Waals surface area contributed by atoms with Crippen LogP contribution in [0.3, 0.4) is 0 Å². The van der Waals surface area contributed by atoms with Crippen LogP contribution in [0.15, 0.2) is 24.3 Å². The lowest BCUT2D eigenvalue weighted by atomic mass is 9.96. The summed E-state index contributed by atoms with van der Waals surface area (Å²) in [4.78, 5) is 2.69. The summed E-state index contributed by atoms with van der Waals surface area (Å²) < 4.78 is 5.55. The highest BCUT2D eigenvalue weighted by Crippen LogP contribution is 2.32. The summed E-state index contributed by atoms with van der Waals surface area (Å²) in [6, 6.07) is 10.2. The number of para-hydroxylation sites is 1. The van der Waals surface area contributed by atoms with Crippen LogP contribution in [0.2, 0.25) is 0 Å². The van der Waals surface area contributed by atoms with E-state index in [0.29, 0.717) is 12.1 Å². The monoisotopic (exact) mass is 288 g/mol. The minimum absolute atomic E-state index is 0.396. The predicted octanol–water partition coefficient (Wildman–Crippen LogP) is 3.36. The van der Waals surface area contributed by atoms with Gasteiger partial charge >= 0.3 is 0 Å². The molecule has 0 aromatic heterocycles. The van der Waals surface area contributed by atoms with Crippen LogP contribution in [-0.2, 0) is 0 Å². The zero-order chi connectivity index (χ0) is 14.7. The highest BCUT2D eigenvalue weighted by molar-refractivity contribution is 5.36. The van der Waals surface area contributed by atoms with E-state index in [0.717, 1.165) is 18.2 Å². The van der Waals surface area contributed by atoms with Crippen LogP contribution in [0.5, 0.6) is 5.75 Å². The summed E-state index contributed by atoms with van der Waals surface area (Å²) in [5, 5.41) is 3.93. The van der Waals surface area contributed by atoms with Gasteiger partial charge in [0.15, 0.2) is 0 Å². The summed E-state index contributed by atoms with van der Waals surface area (Å²) in [5.74, 6) is 1.01. The Labute approximate surface area is 128 Å². The Hall–Kier alpha value is -1.06. The second kappa shape index (κ2) is 6.80. The van der Waals surface area contributed by atoms with E-state index in [4.69, 9.17) is 4.74 Å². The Morgan fingerprint density at radius 3 is 2.90 bits per heavy atom. The maximum atomic E-state index is 5.55. The number of fused-ring (bicyclic) bond motifs is 1. The van der Waals surface area contributed by atoms with Crippen molar-refractivity contribution in [2.45, 2.75) is 57.2 Å². The molecule has 21 heavy (non-hydrogen) atoms. The van der Waals surface area contributed by atoms with Gasteiger partial charge in [0.2, 0.25) is 0 Å². The van der Waals surface area contributed by atoms with Gasteiger partial charge in [-0.1, -0.05) is 31.5 Å². The Kier molecular flexibility index (Phi) is 4.81. The average Bonchev–Trinajstić information content (AvgIpc) is 2.95. The van der Waals surface area contributed by atoms with E-state index < -0.39 is 0 Å². The molecule has 1 aromatic rings. The molecular weight excluding hydrogens is 260 g/mol. The van der Waals surface area contributed by atoms with Crippen LogP contribution in [0.25, 0.3) is 0 Å². The minimum atomic E-state index is 0.396. The van der Waals surface area contributed by atoms with Crippen molar-refractivity contribution in [1.29, 1.82) is 0 Å². The first-order valence-corrected chi connectivity index (χ1v) is 8.46. The van der Waals surface area contributed by atoms with Gasteiger partial charge in [-0.3, -0.25) is 4.90 Å². The fourth-order valence-electron chi connectivity index (χ4n) is 4.08. The van der Waals surface area contributed by atoms with Crippen molar-refractivity contribution in [1.82, 2.24) is 10.2 Å². The van der Waals surface area contributed by atoms with Gasteiger partial charge in [0.1, 0.15) is 5.75 Å². The van der Waals surface area contributed by atoms with Gasteiger partial charge in [-0.2, -0.15) is 0 Å². The van der Waals surface area contributed by atoms with E-state index in [1.165, 1.54) is 44.3 Å². The van der Waals surface area contributed by atoms with E-state index in [2.05, 4.69) is 35.3 Å². The molecule has 0 amide bonds. The molecule has 2 fully saturated rings. The van der Waals surface area contributed by atoms with Crippen molar-refractivity contribution < 1.29 is 4.74 Å². The van der Waals surface area contributed by atoms with Crippen molar-refractivity contribution >= 4 is 0 Å². The van der Waals surface area contributed by atoms with E-state index in [-0.39, 0.29) is 0 Å². The Bertz CT molecular complexity index is 462. The van der Waals surface area contributed by atoms with Crippen molar-refractivity contribution in [3.8, 4) is 5.75 Å². The fraction of sp³-hybridized carbons (Fsp3) is 0.667. The lowest BCUT2D eigenvalue weighted by molar-refractivity contribution is 0.176. The summed E-state index contributed by atoms with van der Waals surface area (Å²) in [6.45, 7) is 4.83. The molecule has 116 valence electrons. The van der Waals surface area contributed by atoms with Crippen LogP contribution in [0.1, 0.15) is 50.6 Å². The Morgan fingerprint density at radius 2 is 2.10 bits per heavy atom. The molecule has 3 heteroatoms. The molecule has 3 rings (SSSR count). The molecule has 3 unspecified atom stereocenters. The maximum Gasteiger partial charge on any atom is 0.123 e. The van der Waals surface area contributed by atoms with Crippen LogP contribution >= 0.6 is 0 Å². The molecule has 3 nitrogen and oxygen atoms in total. The average molecular weight is 288 g/mol. The molecular formula is C18H28N2O. The quantitative estimate of drug-likeness (QED) is 0.899. The van der Waals surface area contributed by atoms with Crippen molar-refractivity contribution in [3.63, 3.8) is 0 Å². The van der Waals surface area contributed by atoms with Gasteiger partial charge in [-0.15, -0.1) is 0 Å². The maximum absolute atomic E-state index is 5.55. The van der Waals surface area contributed by atoms with Crippen LogP contribution < -0.4 is 10.1 Å². The van der Waals surface area contributed by atoms with Gasteiger partial charge in [0.05, 0.1) is 7.11 Å². The topological polar surface area (TPSA) is 24.5 Å². The number of hydrogen-bond donors (Lipinski definition) is 1. The molecule has 1 N–H and O–H groups in total. The van der Waals surface area contributed by atoms with Crippen molar-refractivity contribution in [3.05, 3.63) is 29.8 Å². The molecule has 0 bridgehead atoms. The molecule has 2 saturated heterocycles. The third-order valence-corrected chi connectivity index (χ3v) is 5.19. The van der Waals surface area contributed by atoms with Crippen LogP contribution in [0, 0.1) is 0 Å². The summed E-state index contributed by atoms with van der Waals surface area (Å²) in [6.07, 6.45) is 6.53. The first kappa shape index (κ1) is 14.9. The fourth-order valence-corrected chi connectivity index (χ4v) is 4.08. The lowest BCUT2D eigenvalue weighted by Crippen LogP contribution is -2.45. The van der Waals surface area contributed by atoms with Crippen LogP contribution in [-0.4, -0.2) is 37.2 Å². The standard InChI is InChI=1S/C18H28N2O/c1-3-15(14-8-4-5-10-18(14)21-2)19-16-11-13-20-12-7-6-9-17(16)20/h4-5,8,10,15-17,19H,3,6-7,9,11-13H2,1-2H3. The normalized spacial score (nSPS) is 27.3. The summed E-state index contributed by atoms with van der Waals surface area (Å²) >= 11 is 0. The highest BCUT2D eigenvalue weighted by Gasteiger charge is 2.36. The molecule has 2 heterocycles. The second-order valence-corrected chi connectivity index (χ2v) is 6.36. The minimum Gasteiger partial charge on any atom is -0.496 e. The first-order chi connectivity index (χ1) is 10.3. The summed E-state index contributed by atoms with van der Waals surface area (Å²) in [5.41, 5.74) is 1.30. The number of hydrogen-bond acceptors (Lipinski definition) is 3. The van der Waals surface area contributed by atoms with E-state index in [9.17, 15) is 0 Å². The molecule has 2 aliphatic heterocycles. The predicted molar refractivity (Wildman–Crippen MR) is 86.8 cm³/mol. The number of rotatable bonds is 5. The van der Waals surface area contributed by atoms with Gasteiger partial charge in [0, 0.05) is 30.2 Å². The van der Waals surface area contributed by atoms with Gasteiger partial charge in [-0.05, 0) is 38.3 Å². The molecule has 3 atom stereocenters.